The molecule has 0 spiro atoms. The minimum Gasteiger partial charge on any atom is -0.356 e. The van der Waals surface area contributed by atoms with Gasteiger partial charge < -0.3 is 10.2 Å². The summed E-state index contributed by atoms with van der Waals surface area (Å²) in [6, 6.07) is 0. The molecule has 1 aromatic heterocycles. The number of aliphatic imine (C=N–C) groups is 1. The number of hydrogen-bond acceptors (Lipinski definition) is 3. The van der Waals surface area contributed by atoms with Gasteiger partial charge in [-0.3, -0.25) is 9.67 Å². The van der Waals surface area contributed by atoms with Gasteiger partial charge in [0, 0.05) is 50.4 Å². The van der Waals surface area contributed by atoms with Gasteiger partial charge >= 0.3 is 0 Å². The fourth-order valence-corrected chi connectivity index (χ4v) is 4.38. The number of aryl methyl sites for hydroxylation is 2. The Morgan fingerprint density at radius 2 is 2.17 bits per heavy atom. The lowest BCUT2D eigenvalue weighted by atomic mass is 10.1. The summed E-state index contributed by atoms with van der Waals surface area (Å²) >= 11 is 2.09. The van der Waals surface area contributed by atoms with Crippen LogP contribution in [0, 0.1) is 19.8 Å². The van der Waals surface area contributed by atoms with Gasteiger partial charge in [-0.15, -0.1) is 0 Å². The summed E-state index contributed by atoms with van der Waals surface area (Å²) in [5.41, 5.74) is 3.74. The fourth-order valence-electron chi connectivity index (χ4n) is 3.08. The van der Waals surface area contributed by atoms with Crippen molar-refractivity contribution in [3.8, 4) is 0 Å². The molecule has 0 aliphatic carbocycles. The summed E-state index contributed by atoms with van der Waals surface area (Å²) in [5, 5.41) is 8.73. The molecule has 1 aliphatic heterocycles. The molecule has 1 fully saturated rings. The van der Waals surface area contributed by atoms with Crippen molar-refractivity contribution in [3.05, 3.63) is 17.0 Å². The maximum atomic E-state index is 4.49. The first-order chi connectivity index (χ1) is 10.9. The van der Waals surface area contributed by atoms with E-state index in [0.29, 0.717) is 11.2 Å². The second kappa shape index (κ2) is 8.08. The third-order valence-corrected chi connectivity index (χ3v) is 6.21. The number of rotatable bonds is 4. The summed E-state index contributed by atoms with van der Waals surface area (Å²) in [6.45, 7) is 11.9. The van der Waals surface area contributed by atoms with Crippen LogP contribution in [0.3, 0.4) is 0 Å². The maximum Gasteiger partial charge on any atom is 0.193 e. The van der Waals surface area contributed by atoms with Crippen molar-refractivity contribution in [3.63, 3.8) is 0 Å². The van der Waals surface area contributed by atoms with Crippen LogP contribution in [0.25, 0.3) is 0 Å². The second-order valence-electron chi connectivity index (χ2n) is 6.60. The highest BCUT2D eigenvalue weighted by Crippen LogP contribution is 2.24. The second-order valence-corrected chi connectivity index (χ2v) is 7.94. The van der Waals surface area contributed by atoms with Gasteiger partial charge in [-0.25, -0.2) is 0 Å². The summed E-state index contributed by atoms with van der Waals surface area (Å²) in [5.74, 6) is 2.93. The fraction of sp³-hybridized carbons (Fsp3) is 0.765. The Morgan fingerprint density at radius 1 is 1.43 bits per heavy atom. The minimum absolute atomic E-state index is 0.699. The van der Waals surface area contributed by atoms with Gasteiger partial charge in [0.15, 0.2) is 5.96 Å². The smallest absolute Gasteiger partial charge is 0.193 e. The minimum atomic E-state index is 0.699. The first kappa shape index (κ1) is 18.2. The summed E-state index contributed by atoms with van der Waals surface area (Å²) in [6.07, 6.45) is 0.987. The van der Waals surface area contributed by atoms with Crippen molar-refractivity contribution in [1.82, 2.24) is 20.0 Å². The van der Waals surface area contributed by atoms with Crippen LogP contribution in [0.5, 0.6) is 0 Å². The van der Waals surface area contributed by atoms with Gasteiger partial charge in [-0.05, 0) is 31.7 Å². The highest BCUT2D eigenvalue weighted by Gasteiger charge is 2.24. The number of aromatic nitrogens is 2. The van der Waals surface area contributed by atoms with Crippen LogP contribution in [0.15, 0.2) is 4.99 Å². The Balaban J connectivity index is 1.90. The Labute approximate surface area is 144 Å². The number of hydrogen-bond donors (Lipinski definition) is 1. The molecule has 1 aromatic rings. The Hall–Kier alpha value is -1.17. The molecular formula is C17H31N5S. The van der Waals surface area contributed by atoms with E-state index in [4.69, 9.17) is 0 Å². The molecular weight excluding hydrogens is 306 g/mol. The standard InChI is InChI=1S/C17H31N5S/c1-12(2)16-11-22(9-10-23-16)17(18-5)19-8-7-15-13(3)20-21(6)14(15)4/h12,16H,7-11H2,1-6H3,(H,18,19). The average Bonchev–Trinajstić information content (AvgIpc) is 2.77. The van der Waals surface area contributed by atoms with Gasteiger partial charge in [0.05, 0.1) is 5.69 Å². The van der Waals surface area contributed by atoms with Gasteiger partial charge in [0.1, 0.15) is 0 Å². The predicted octanol–water partition coefficient (Wildman–Crippen LogP) is 2.23. The summed E-state index contributed by atoms with van der Waals surface area (Å²) in [4.78, 5) is 6.89. The number of guanidine groups is 1. The zero-order chi connectivity index (χ0) is 17.0. The molecule has 1 unspecified atom stereocenters. The number of thioether (sulfide) groups is 1. The molecule has 1 saturated heterocycles. The van der Waals surface area contributed by atoms with Crippen molar-refractivity contribution in [2.24, 2.45) is 18.0 Å². The van der Waals surface area contributed by atoms with Crippen LogP contribution < -0.4 is 5.32 Å². The van der Waals surface area contributed by atoms with E-state index < -0.39 is 0 Å². The van der Waals surface area contributed by atoms with E-state index in [0.717, 1.165) is 37.7 Å². The maximum absolute atomic E-state index is 4.49. The van der Waals surface area contributed by atoms with Crippen molar-refractivity contribution in [2.75, 3.05) is 32.4 Å². The summed E-state index contributed by atoms with van der Waals surface area (Å²) < 4.78 is 1.97. The van der Waals surface area contributed by atoms with Crippen molar-refractivity contribution >= 4 is 17.7 Å². The largest absolute Gasteiger partial charge is 0.356 e. The molecule has 23 heavy (non-hydrogen) atoms. The molecule has 1 N–H and O–H groups in total. The van der Waals surface area contributed by atoms with Gasteiger partial charge in [0.25, 0.3) is 0 Å². The highest BCUT2D eigenvalue weighted by molar-refractivity contribution is 8.00. The van der Waals surface area contributed by atoms with Gasteiger partial charge in [0.2, 0.25) is 0 Å². The molecule has 5 nitrogen and oxygen atoms in total. The van der Waals surface area contributed by atoms with Crippen LogP contribution >= 0.6 is 11.8 Å². The van der Waals surface area contributed by atoms with Gasteiger partial charge in [-0.1, -0.05) is 13.8 Å². The molecule has 0 saturated carbocycles. The molecule has 0 amide bonds. The van der Waals surface area contributed by atoms with Crippen molar-refractivity contribution in [2.45, 2.75) is 39.4 Å². The lowest BCUT2D eigenvalue weighted by Crippen LogP contribution is -2.49. The number of nitrogens with zero attached hydrogens (tertiary/aromatic N) is 4. The molecule has 1 aliphatic rings. The van der Waals surface area contributed by atoms with E-state index in [-0.39, 0.29) is 0 Å². The van der Waals surface area contributed by atoms with Crippen molar-refractivity contribution in [1.29, 1.82) is 0 Å². The normalized spacial score (nSPS) is 19.5. The molecule has 130 valence electrons. The molecule has 1 atom stereocenters. The van der Waals surface area contributed by atoms with E-state index in [2.05, 4.69) is 59.8 Å². The van der Waals surface area contributed by atoms with E-state index in [1.165, 1.54) is 17.0 Å². The van der Waals surface area contributed by atoms with Crippen LogP contribution in [0.4, 0.5) is 0 Å². The zero-order valence-electron chi connectivity index (χ0n) is 15.4. The molecule has 2 rings (SSSR count). The predicted molar refractivity (Wildman–Crippen MR) is 100 cm³/mol. The van der Waals surface area contributed by atoms with E-state index in [9.17, 15) is 0 Å². The molecule has 0 radical (unpaired) electrons. The average molecular weight is 338 g/mol. The van der Waals surface area contributed by atoms with Crippen LogP contribution in [-0.4, -0.2) is 58.3 Å². The lowest BCUT2D eigenvalue weighted by molar-refractivity contribution is 0.381. The quantitative estimate of drug-likeness (QED) is 0.676. The highest BCUT2D eigenvalue weighted by atomic mass is 32.2. The first-order valence-corrected chi connectivity index (χ1v) is 9.55. The molecule has 0 aromatic carbocycles. The topological polar surface area (TPSA) is 45.5 Å². The van der Waals surface area contributed by atoms with Crippen LogP contribution in [0.2, 0.25) is 0 Å². The Bertz CT molecular complexity index is 549. The van der Waals surface area contributed by atoms with Crippen LogP contribution in [0.1, 0.15) is 30.8 Å². The number of nitrogens with one attached hydrogen (secondary N) is 1. The Kier molecular flexibility index (Phi) is 6.39. The third-order valence-electron chi connectivity index (χ3n) is 4.67. The Morgan fingerprint density at radius 3 is 2.74 bits per heavy atom. The molecule has 2 heterocycles. The SMILES string of the molecule is CN=C(NCCc1c(C)nn(C)c1C)N1CCSC(C(C)C)C1. The van der Waals surface area contributed by atoms with Crippen LogP contribution in [-0.2, 0) is 13.5 Å². The van der Waals surface area contributed by atoms with Gasteiger partial charge in [-0.2, -0.15) is 16.9 Å². The van der Waals surface area contributed by atoms with E-state index in [1.54, 1.807) is 0 Å². The monoisotopic (exact) mass is 337 g/mol. The zero-order valence-corrected chi connectivity index (χ0v) is 16.2. The third kappa shape index (κ3) is 4.43. The first-order valence-electron chi connectivity index (χ1n) is 8.50. The van der Waals surface area contributed by atoms with E-state index in [1.807, 2.05) is 18.8 Å². The lowest BCUT2D eigenvalue weighted by Gasteiger charge is -2.36. The van der Waals surface area contributed by atoms with E-state index >= 15 is 0 Å². The molecule has 6 heteroatoms. The molecule has 0 bridgehead atoms. The summed E-state index contributed by atoms with van der Waals surface area (Å²) in [7, 11) is 3.89. The van der Waals surface area contributed by atoms with Crippen molar-refractivity contribution < 1.29 is 0 Å².